The molecule has 0 spiro atoms. The Morgan fingerprint density at radius 3 is 2.23 bits per heavy atom. The van der Waals surface area contributed by atoms with Crippen LogP contribution in [0.4, 0.5) is 0 Å². The maximum atomic E-state index is 13.0. The Morgan fingerprint density at radius 1 is 0.923 bits per heavy atom. The molecule has 0 aliphatic heterocycles. The summed E-state index contributed by atoms with van der Waals surface area (Å²) >= 11 is 0. The Bertz CT molecular complexity index is 921. The summed E-state index contributed by atoms with van der Waals surface area (Å²) in [4.78, 5) is 26.3. The number of aliphatic carboxylic acids is 1. The van der Waals surface area contributed by atoms with Gasteiger partial charge in [0.2, 0.25) is 0 Å². The number of likely N-dealkylation sites (N-methyl/N-ethyl adjacent to an activating group) is 1. The third kappa shape index (κ3) is 3.75. The highest BCUT2D eigenvalue weighted by molar-refractivity contribution is 6.00. The molecular formula is C22H21NO3. The number of hydrogen-bond acceptors (Lipinski definition) is 2. The Morgan fingerprint density at radius 2 is 1.58 bits per heavy atom. The van der Waals surface area contributed by atoms with Crippen LogP contribution in [0.5, 0.6) is 0 Å². The normalized spacial score (nSPS) is 11.9. The van der Waals surface area contributed by atoms with Crippen molar-refractivity contribution in [2.45, 2.75) is 19.4 Å². The van der Waals surface area contributed by atoms with Crippen LogP contribution in [0, 0.1) is 0 Å². The fourth-order valence-electron chi connectivity index (χ4n) is 3.16. The minimum atomic E-state index is -0.996. The van der Waals surface area contributed by atoms with E-state index in [2.05, 4.69) is 0 Å². The van der Waals surface area contributed by atoms with Crippen molar-refractivity contribution in [2.24, 2.45) is 0 Å². The van der Waals surface area contributed by atoms with Crippen LogP contribution >= 0.6 is 0 Å². The zero-order chi connectivity index (χ0) is 18.5. The van der Waals surface area contributed by atoms with Crippen LogP contribution in [0.25, 0.3) is 10.8 Å². The number of carbonyl (C=O) groups is 2. The first-order valence-corrected chi connectivity index (χ1v) is 8.66. The third-order valence-corrected chi connectivity index (χ3v) is 4.53. The molecule has 3 aromatic rings. The van der Waals surface area contributed by atoms with E-state index in [4.69, 9.17) is 0 Å². The quantitative estimate of drug-likeness (QED) is 0.733. The average molecular weight is 347 g/mol. The van der Waals surface area contributed by atoms with E-state index in [1.54, 1.807) is 13.0 Å². The summed E-state index contributed by atoms with van der Waals surface area (Å²) in [7, 11) is 0. The van der Waals surface area contributed by atoms with E-state index >= 15 is 0 Å². The molecule has 0 saturated carbocycles. The summed E-state index contributed by atoms with van der Waals surface area (Å²) in [5.74, 6) is -1.26. The molecule has 4 nitrogen and oxygen atoms in total. The highest BCUT2D eigenvalue weighted by atomic mass is 16.4. The highest BCUT2D eigenvalue weighted by Crippen LogP contribution is 2.19. The van der Waals surface area contributed by atoms with Crippen LogP contribution in [-0.4, -0.2) is 34.5 Å². The van der Waals surface area contributed by atoms with E-state index in [1.165, 1.54) is 4.90 Å². The second-order valence-corrected chi connectivity index (χ2v) is 6.20. The minimum absolute atomic E-state index is 0.262. The number of carbonyl (C=O) groups excluding carboxylic acids is 1. The van der Waals surface area contributed by atoms with Crippen molar-refractivity contribution in [3.05, 3.63) is 83.9 Å². The summed E-state index contributed by atoms with van der Waals surface area (Å²) in [6.07, 6.45) is 0.281. The molecule has 0 saturated heterocycles. The molecule has 4 heteroatoms. The predicted molar refractivity (Wildman–Crippen MR) is 102 cm³/mol. The molecule has 0 aromatic heterocycles. The number of benzene rings is 3. The van der Waals surface area contributed by atoms with Crippen LogP contribution in [0.15, 0.2) is 72.8 Å². The number of hydrogen-bond donors (Lipinski definition) is 1. The number of fused-ring (bicyclic) bond motifs is 1. The van der Waals surface area contributed by atoms with Crippen molar-refractivity contribution in [2.75, 3.05) is 6.54 Å². The molecular weight excluding hydrogens is 326 g/mol. The topological polar surface area (TPSA) is 57.6 Å². The van der Waals surface area contributed by atoms with Crippen molar-refractivity contribution in [1.29, 1.82) is 0 Å². The van der Waals surface area contributed by atoms with Gasteiger partial charge < -0.3 is 10.0 Å². The molecule has 0 heterocycles. The highest BCUT2D eigenvalue weighted by Gasteiger charge is 2.29. The molecule has 26 heavy (non-hydrogen) atoms. The number of amides is 1. The molecule has 3 rings (SSSR count). The van der Waals surface area contributed by atoms with Gasteiger partial charge in [-0.2, -0.15) is 0 Å². The molecule has 1 atom stereocenters. The first-order valence-electron chi connectivity index (χ1n) is 8.66. The van der Waals surface area contributed by atoms with Gasteiger partial charge in [-0.15, -0.1) is 0 Å². The zero-order valence-corrected chi connectivity index (χ0v) is 14.6. The lowest BCUT2D eigenvalue weighted by Crippen LogP contribution is -2.46. The lowest BCUT2D eigenvalue weighted by Gasteiger charge is -2.28. The fourth-order valence-corrected chi connectivity index (χ4v) is 3.16. The zero-order valence-electron chi connectivity index (χ0n) is 14.6. The number of rotatable bonds is 6. The molecule has 0 bridgehead atoms. The van der Waals surface area contributed by atoms with E-state index in [0.29, 0.717) is 12.1 Å². The average Bonchev–Trinajstić information content (AvgIpc) is 2.68. The van der Waals surface area contributed by atoms with Crippen molar-refractivity contribution >= 4 is 22.6 Å². The molecule has 0 aliphatic carbocycles. The van der Waals surface area contributed by atoms with E-state index < -0.39 is 12.0 Å². The van der Waals surface area contributed by atoms with Gasteiger partial charge in [0.1, 0.15) is 6.04 Å². The van der Waals surface area contributed by atoms with Crippen LogP contribution in [0.1, 0.15) is 22.8 Å². The summed E-state index contributed by atoms with van der Waals surface area (Å²) in [6.45, 7) is 2.13. The largest absolute Gasteiger partial charge is 0.480 e. The van der Waals surface area contributed by atoms with Gasteiger partial charge >= 0.3 is 5.97 Å². The van der Waals surface area contributed by atoms with E-state index in [0.717, 1.165) is 16.3 Å². The summed E-state index contributed by atoms with van der Waals surface area (Å²) in [5, 5.41) is 11.7. The Balaban J connectivity index is 1.90. The number of carboxylic acids is 1. The SMILES string of the molecule is CCN(C(=O)c1ccc2ccccc2c1)[C@H](Cc1ccccc1)C(=O)O. The van der Waals surface area contributed by atoms with Crippen molar-refractivity contribution < 1.29 is 14.7 Å². The number of carboxylic acid groups (broad SMARTS) is 1. The van der Waals surface area contributed by atoms with Crippen LogP contribution < -0.4 is 0 Å². The first kappa shape index (κ1) is 17.7. The van der Waals surface area contributed by atoms with Gasteiger partial charge in [-0.3, -0.25) is 4.79 Å². The molecule has 0 fully saturated rings. The minimum Gasteiger partial charge on any atom is -0.480 e. The monoisotopic (exact) mass is 347 g/mol. The maximum absolute atomic E-state index is 13.0. The molecule has 1 amide bonds. The van der Waals surface area contributed by atoms with Gasteiger partial charge in [-0.05, 0) is 35.4 Å². The van der Waals surface area contributed by atoms with Crippen molar-refractivity contribution in [3.8, 4) is 0 Å². The lowest BCUT2D eigenvalue weighted by molar-refractivity contribution is -0.142. The number of nitrogens with zero attached hydrogens (tertiary/aromatic N) is 1. The second kappa shape index (κ2) is 7.83. The summed E-state index contributed by atoms with van der Waals surface area (Å²) in [6, 6.07) is 21.8. The van der Waals surface area contributed by atoms with Gasteiger partial charge in [0, 0.05) is 18.5 Å². The molecule has 0 radical (unpaired) electrons. The summed E-state index contributed by atoms with van der Waals surface area (Å²) < 4.78 is 0. The van der Waals surface area contributed by atoms with Crippen molar-refractivity contribution in [3.63, 3.8) is 0 Å². The molecule has 0 unspecified atom stereocenters. The maximum Gasteiger partial charge on any atom is 0.326 e. The van der Waals surface area contributed by atoms with Crippen molar-refractivity contribution in [1.82, 2.24) is 4.90 Å². The van der Waals surface area contributed by atoms with Gasteiger partial charge in [0.15, 0.2) is 0 Å². The Labute approximate surface area is 152 Å². The van der Waals surface area contributed by atoms with E-state index in [9.17, 15) is 14.7 Å². The Kier molecular flexibility index (Phi) is 5.32. The fraction of sp³-hybridized carbons (Fsp3) is 0.182. The third-order valence-electron chi connectivity index (χ3n) is 4.53. The van der Waals surface area contributed by atoms with Crippen LogP contribution in [0.3, 0.4) is 0 Å². The lowest BCUT2D eigenvalue weighted by atomic mass is 10.0. The van der Waals surface area contributed by atoms with Gasteiger partial charge in [-0.25, -0.2) is 4.79 Å². The predicted octanol–water partition coefficient (Wildman–Crippen LogP) is 4.00. The van der Waals surface area contributed by atoms with E-state index in [1.807, 2.05) is 66.7 Å². The van der Waals surface area contributed by atoms with Crippen LogP contribution in [-0.2, 0) is 11.2 Å². The second-order valence-electron chi connectivity index (χ2n) is 6.20. The van der Waals surface area contributed by atoms with Gasteiger partial charge in [0.05, 0.1) is 0 Å². The molecule has 1 N–H and O–H groups in total. The molecule has 132 valence electrons. The first-order chi connectivity index (χ1) is 12.6. The molecule has 0 aliphatic rings. The van der Waals surface area contributed by atoms with Crippen LogP contribution in [0.2, 0.25) is 0 Å². The van der Waals surface area contributed by atoms with Gasteiger partial charge in [-0.1, -0.05) is 60.7 Å². The smallest absolute Gasteiger partial charge is 0.326 e. The Hall–Kier alpha value is -3.14. The molecule has 3 aromatic carbocycles. The van der Waals surface area contributed by atoms with Gasteiger partial charge in [0.25, 0.3) is 5.91 Å². The summed E-state index contributed by atoms with van der Waals surface area (Å²) in [5.41, 5.74) is 1.40. The van der Waals surface area contributed by atoms with E-state index in [-0.39, 0.29) is 12.3 Å². The standard InChI is InChI=1S/C22H21NO3/c1-2-23(20(22(25)26)14-16-8-4-3-5-9-16)21(24)19-13-12-17-10-6-7-11-18(17)15-19/h3-13,15,20H,2,14H2,1H3,(H,25,26)/t20-/m1/s1.